The minimum atomic E-state index is -3.50. The highest BCUT2D eigenvalue weighted by Gasteiger charge is 2.26. The Labute approximate surface area is 192 Å². The van der Waals surface area contributed by atoms with Crippen molar-refractivity contribution >= 4 is 43.0 Å². The average molecular weight is 501 g/mol. The Balaban J connectivity index is 1.79. The summed E-state index contributed by atoms with van der Waals surface area (Å²) in [6.45, 7) is 3.33. The fourth-order valence-corrected chi connectivity index (χ4v) is 5.54. The van der Waals surface area contributed by atoms with Crippen molar-refractivity contribution in [2.45, 2.75) is 21.6 Å². The van der Waals surface area contributed by atoms with Crippen LogP contribution in [0.1, 0.15) is 17.3 Å². The van der Waals surface area contributed by atoms with Gasteiger partial charge in [0.1, 0.15) is 5.82 Å². The van der Waals surface area contributed by atoms with E-state index in [1.807, 2.05) is 6.92 Å². The normalized spacial score (nSPS) is 15.1. The van der Waals surface area contributed by atoms with Gasteiger partial charge >= 0.3 is 0 Å². The lowest BCUT2D eigenvalue weighted by molar-refractivity contribution is 0.0743. The summed E-state index contributed by atoms with van der Waals surface area (Å²) in [6.07, 6.45) is 2.13. The second kappa shape index (κ2) is 9.40. The molecule has 0 saturated carbocycles. The van der Waals surface area contributed by atoms with Crippen molar-refractivity contribution in [2.75, 3.05) is 49.3 Å². The predicted molar refractivity (Wildman–Crippen MR) is 124 cm³/mol. The molecule has 0 aliphatic carbocycles. The number of anilines is 1. The molecule has 0 N–H and O–H groups in total. The molecule has 0 bridgehead atoms. The zero-order chi connectivity index (χ0) is 23.7. The number of sulfone groups is 2. The molecule has 7 nitrogen and oxygen atoms in total. The number of carbonyl (C=O) groups excluding carboxylic acids is 1. The molecule has 1 aliphatic heterocycles. The number of nitrogens with zero attached hydrogens (tertiary/aromatic N) is 2. The number of hydrogen-bond donors (Lipinski definition) is 0. The number of rotatable bonds is 6. The Morgan fingerprint density at radius 2 is 1.50 bits per heavy atom. The maximum absolute atomic E-state index is 14.5. The van der Waals surface area contributed by atoms with Gasteiger partial charge in [0.2, 0.25) is 0 Å². The third-order valence-electron chi connectivity index (χ3n) is 5.16. The first-order chi connectivity index (χ1) is 14.9. The second-order valence-corrected chi connectivity index (χ2v) is 12.9. The number of hydrogen-bond acceptors (Lipinski definition) is 7. The van der Waals surface area contributed by atoms with Crippen LogP contribution in [-0.4, -0.2) is 72.1 Å². The minimum Gasteiger partial charge on any atom is -0.366 e. The van der Waals surface area contributed by atoms with Gasteiger partial charge in [-0.05, 0) is 42.2 Å². The molecule has 11 heteroatoms. The fraction of sp³-hybridized carbons (Fsp3) is 0.381. The number of benzene rings is 2. The van der Waals surface area contributed by atoms with Gasteiger partial charge in [0.15, 0.2) is 19.7 Å². The van der Waals surface area contributed by atoms with Crippen LogP contribution >= 0.6 is 11.8 Å². The largest absolute Gasteiger partial charge is 0.366 e. The van der Waals surface area contributed by atoms with Gasteiger partial charge in [-0.3, -0.25) is 4.79 Å². The molecule has 174 valence electrons. The van der Waals surface area contributed by atoms with E-state index in [4.69, 9.17) is 0 Å². The first-order valence-corrected chi connectivity index (χ1v) is 14.7. The smallest absolute Gasteiger partial charge is 0.255 e. The van der Waals surface area contributed by atoms with Crippen molar-refractivity contribution in [1.82, 2.24) is 4.90 Å². The third kappa shape index (κ3) is 5.44. The number of piperazine rings is 1. The summed E-state index contributed by atoms with van der Waals surface area (Å²) in [5, 5.41) is 0. The van der Waals surface area contributed by atoms with E-state index in [2.05, 4.69) is 0 Å². The standard InChI is InChI=1S/C21H25FN2O5S3/c1-4-30-20-8-6-15(31(2,26)27)13-17(20)21(25)24-11-9-23(10-12-24)19-7-5-16(14-18(19)22)32(3,28)29/h5-8,13-14H,4,9-12H2,1-3H3. The number of amides is 1. The molecular weight excluding hydrogens is 475 g/mol. The van der Waals surface area contributed by atoms with E-state index in [0.717, 1.165) is 29.2 Å². The lowest BCUT2D eigenvalue weighted by Crippen LogP contribution is -2.49. The van der Waals surface area contributed by atoms with Crippen molar-refractivity contribution < 1.29 is 26.0 Å². The van der Waals surface area contributed by atoms with Gasteiger partial charge in [0, 0.05) is 43.6 Å². The molecule has 1 heterocycles. The summed E-state index contributed by atoms with van der Waals surface area (Å²) < 4.78 is 61.7. The topological polar surface area (TPSA) is 91.8 Å². The first kappa shape index (κ1) is 24.5. The van der Waals surface area contributed by atoms with Gasteiger partial charge in [-0.15, -0.1) is 11.8 Å². The van der Waals surface area contributed by atoms with Gasteiger partial charge in [0.25, 0.3) is 5.91 Å². The first-order valence-electron chi connectivity index (χ1n) is 9.92. The van der Waals surface area contributed by atoms with E-state index in [1.54, 1.807) is 15.9 Å². The fourth-order valence-electron chi connectivity index (χ4n) is 3.48. The zero-order valence-electron chi connectivity index (χ0n) is 18.0. The van der Waals surface area contributed by atoms with Crippen LogP contribution in [0.15, 0.2) is 51.1 Å². The van der Waals surface area contributed by atoms with Crippen molar-refractivity contribution in [3.05, 3.63) is 47.8 Å². The minimum absolute atomic E-state index is 0.0840. The van der Waals surface area contributed by atoms with Crippen LogP contribution in [0.25, 0.3) is 0 Å². The molecule has 1 amide bonds. The SMILES string of the molecule is CCSc1ccc(S(C)(=O)=O)cc1C(=O)N1CCN(c2ccc(S(C)(=O)=O)cc2F)CC1. The van der Waals surface area contributed by atoms with E-state index >= 15 is 0 Å². The zero-order valence-corrected chi connectivity index (χ0v) is 20.5. The highest BCUT2D eigenvalue weighted by atomic mass is 32.2. The summed E-state index contributed by atoms with van der Waals surface area (Å²) in [7, 11) is -6.96. The van der Waals surface area contributed by atoms with Gasteiger partial charge in [0.05, 0.1) is 21.0 Å². The number of halogens is 1. The summed E-state index contributed by atoms with van der Waals surface area (Å²) in [6, 6.07) is 8.40. The number of thioether (sulfide) groups is 1. The molecule has 1 fully saturated rings. The summed E-state index contributed by atoms with van der Waals surface area (Å²) in [5.74, 6) is -0.163. The molecule has 32 heavy (non-hydrogen) atoms. The maximum atomic E-state index is 14.5. The van der Waals surface area contributed by atoms with E-state index in [1.165, 1.54) is 36.0 Å². The molecular formula is C21H25FN2O5S3. The Morgan fingerprint density at radius 1 is 0.938 bits per heavy atom. The number of carbonyl (C=O) groups is 1. The molecule has 0 atom stereocenters. The Kier molecular flexibility index (Phi) is 7.21. The van der Waals surface area contributed by atoms with Crippen molar-refractivity contribution in [1.29, 1.82) is 0 Å². The predicted octanol–water partition coefficient (Wildman–Crippen LogP) is 2.71. The van der Waals surface area contributed by atoms with E-state index < -0.39 is 25.5 Å². The molecule has 2 aromatic rings. The van der Waals surface area contributed by atoms with E-state index in [-0.39, 0.29) is 21.4 Å². The van der Waals surface area contributed by atoms with Crippen molar-refractivity contribution in [3.8, 4) is 0 Å². The van der Waals surface area contributed by atoms with Crippen molar-refractivity contribution in [2.24, 2.45) is 0 Å². The molecule has 0 radical (unpaired) electrons. The Hall–Kier alpha value is -2.11. The molecule has 2 aromatic carbocycles. The van der Waals surface area contributed by atoms with Gasteiger partial charge in [-0.1, -0.05) is 6.92 Å². The lowest BCUT2D eigenvalue weighted by Gasteiger charge is -2.36. The molecule has 0 unspecified atom stereocenters. The molecule has 0 spiro atoms. The summed E-state index contributed by atoms with van der Waals surface area (Å²) in [5.41, 5.74) is 0.628. The summed E-state index contributed by atoms with van der Waals surface area (Å²) >= 11 is 1.46. The average Bonchev–Trinajstić information content (AvgIpc) is 2.72. The van der Waals surface area contributed by atoms with Crippen molar-refractivity contribution in [3.63, 3.8) is 0 Å². The monoisotopic (exact) mass is 500 g/mol. The quantitative estimate of drug-likeness (QED) is 0.563. The Morgan fingerprint density at radius 3 is 2.03 bits per heavy atom. The molecule has 1 saturated heterocycles. The molecule has 1 aliphatic rings. The van der Waals surface area contributed by atoms with Crippen LogP contribution in [-0.2, 0) is 19.7 Å². The van der Waals surface area contributed by atoms with E-state index in [9.17, 15) is 26.0 Å². The lowest BCUT2D eigenvalue weighted by atomic mass is 10.1. The second-order valence-electron chi connectivity index (χ2n) is 7.53. The molecule has 3 rings (SSSR count). The maximum Gasteiger partial charge on any atom is 0.255 e. The van der Waals surface area contributed by atoms with Crippen LogP contribution < -0.4 is 4.90 Å². The van der Waals surface area contributed by atoms with Crippen LogP contribution in [0.2, 0.25) is 0 Å². The third-order valence-corrected chi connectivity index (χ3v) is 8.34. The van der Waals surface area contributed by atoms with Gasteiger partial charge in [-0.2, -0.15) is 0 Å². The molecule has 0 aromatic heterocycles. The highest BCUT2D eigenvalue weighted by Crippen LogP contribution is 2.28. The van der Waals surface area contributed by atoms with Crippen LogP contribution in [0.4, 0.5) is 10.1 Å². The van der Waals surface area contributed by atoms with Crippen LogP contribution in [0, 0.1) is 5.82 Å². The Bertz CT molecular complexity index is 1240. The van der Waals surface area contributed by atoms with Gasteiger partial charge < -0.3 is 9.80 Å². The summed E-state index contributed by atoms with van der Waals surface area (Å²) in [4.78, 5) is 17.3. The van der Waals surface area contributed by atoms with Gasteiger partial charge in [-0.25, -0.2) is 21.2 Å². The highest BCUT2D eigenvalue weighted by molar-refractivity contribution is 7.99. The van der Waals surface area contributed by atoms with Crippen LogP contribution in [0.3, 0.4) is 0 Å². The van der Waals surface area contributed by atoms with E-state index in [0.29, 0.717) is 31.7 Å². The van der Waals surface area contributed by atoms with Crippen LogP contribution in [0.5, 0.6) is 0 Å².